The molecule has 0 amide bonds. The summed E-state index contributed by atoms with van der Waals surface area (Å²) in [5, 5.41) is 26.3. The van der Waals surface area contributed by atoms with Crippen LogP contribution in [0.1, 0.15) is 118 Å². The zero-order chi connectivity index (χ0) is 36.1. The molecule has 2 bridgehead atoms. The first-order valence-corrected chi connectivity index (χ1v) is 20.1. The lowest BCUT2D eigenvalue weighted by atomic mass is 9.56. The van der Waals surface area contributed by atoms with E-state index in [1.165, 1.54) is 26.7 Å². The lowest BCUT2D eigenvalue weighted by molar-refractivity contribution is -0.159. The smallest absolute Gasteiger partial charge is 0.302 e. The van der Waals surface area contributed by atoms with Crippen molar-refractivity contribution in [1.29, 1.82) is 0 Å². The van der Waals surface area contributed by atoms with Crippen molar-refractivity contribution in [3.8, 4) is 0 Å². The third-order valence-corrected chi connectivity index (χ3v) is 14.1. The molecule has 5 aliphatic rings. The molecule has 10 nitrogen and oxygen atoms in total. The lowest BCUT2D eigenvalue weighted by Gasteiger charge is -2.50. The number of piperidine rings is 1. The minimum Gasteiger partial charge on any atom is -0.462 e. The van der Waals surface area contributed by atoms with Gasteiger partial charge >= 0.3 is 11.9 Å². The fourth-order valence-electron chi connectivity index (χ4n) is 11.8. The Hall–Kier alpha value is -1.30. The maximum absolute atomic E-state index is 12.7. The highest BCUT2D eigenvalue weighted by Gasteiger charge is 2.49. The zero-order valence-corrected chi connectivity index (χ0v) is 31.8. The first-order valence-electron chi connectivity index (χ1n) is 20.1. The zero-order valence-electron chi connectivity index (χ0n) is 31.8. The molecule has 10 heteroatoms. The second kappa shape index (κ2) is 18.2. The SMILES string of the molecule is COC1CC(CC[C@H](C[C@@H](OC(C)=O)[C@H]2C[C@@H]3C[C@H]4C(CC[C@H](OC)C[C@H]4[C@@H](O)C2)C[C@H]3C(C)C)OC(C)=O)C(C2CCNC(N)C2)CC1O. The van der Waals surface area contributed by atoms with Crippen LogP contribution in [0.25, 0.3) is 0 Å². The van der Waals surface area contributed by atoms with E-state index >= 15 is 0 Å². The van der Waals surface area contributed by atoms with E-state index in [9.17, 15) is 19.8 Å². The summed E-state index contributed by atoms with van der Waals surface area (Å²) in [6.07, 6.45) is 10.1. The third kappa shape index (κ3) is 10.0. The normalized spacial score (nSPS) is 42.0. The van der Waals surface area contributed by atoms with E-state index in [0.29, 0.717) is 67.1 Å². The molecule has 1 aliphatic heterocycles. The van der Waals surface area contributed by atoms with Gasteiger partial charge in [0, 0.05) is 34.5 Å². The third-order valence-electron chi connectivity index (χ3n) is 14.1. The molecule has 0 aromatic carbocycles. The number of nitrogens with one attached hydrogen (secondary N) is 1. The van der Waals surface area contributed by atoms with Gasteiger partial charge in [-0.3, -0.25) is 9.59 Å². The van der Waals surface area contributed by atoms with Crippen LogP contribution in [0.2, 0.25) is 0 Å². The maximum Gasteiger partial charge on any atom is 0.302 e. The topological polar surface area (TPSA) is 150 Å². The minimum absolute atomic E-state index is 0.0355. The average molecular weight is 707 g/mol. The van der Waals surface area contributed by atoms with E-state index < -0.39 is 24.4 Å². The number of carbonyl (C=O) groups excluding carboxylic acids is 2. The predicted octanol–water partition coefficient (Wildman–Crippen LogP) is 5.21. The van der Waals surface area contributed by atoms with E-state index in [-0.39, 0.29) is 48.1 Å². The van der Waals surface area contributed by atoms with Crippen molar-refractivity contribution in [3.05, 3.63) is 0 Å². The summed E-state index contributed by atoms with van der Waals surface area (Å²) in [6, 6.07) is 0. The van der Waals surface area contributed by atoms with Crippen molar-refractivity contribution in [2.75, 3.05) is 20.8 Å². The van der Waals surface area contributed by atoms with E-state index in [1.807, 2.05) is 0 Å². The van der Waals surface area contributed by atoms with Crippen LogP contribution >= 0.6 is 0 Å². The Morgan fingerprint density at radius 2 is 1.52 bits per heavy atom. The second-order valence-corrected chi connectivity index (χ2v) is 17.5. The fraction of sp³-hybridized carbons (Fsp3) is 0.950. The second-order valence-electron chi connectivity index (χ2n) is 17.5. The van der Waals surface area contributed by atoms with Gasteiger partial charge in [-0.05, 0) is 149 Å². The molecule has 0 spiro atoms. The molecular weight excluding hydrogens is 636 g/mol. The average Bonchev–Trinajstić information content (AvgIpc) is 3.23. The summed E-state index contributed by atoms with van der Waals surface area (Å²) in [5.74, 6) is 3.22. The van der Waals surface area contributed by atoms with Gasteiger partial charge in [0.15, 0.2) is 0 Å². The van der Waals surface area contributed by atoms with Crippen LogP contribution in [0.15, 0.2) is 0 Å². The molecule has 4 aliphatic carbocycles. The first-order chi connectivity index (χ1) is 23.9. The van der Waals surface area contributed by atoms with Crippen molar-refractivity contribution in [2.45, 2.75) is 160 Å². The number of rotatable bonds is 12. The summed E-state index contributed by atoms with van der Waals surface area (Å²) >= 11 is 0. The molecular formula is C40H70N2O8. The standard InChI is InChI=1S/C40H70N2O8/c1-22(2)32-14-25-7-9-30(47-5)19-35-34(25)15-28(32)13-29(16-36(35)45)38(50-24(4)44)20-31(49-23(3)43)10-8-26-17-39(48-6)37(46)21-33(26)27-11-12-42-40(41)18-27/h22,25-40,42,45-46H,7-21,41H2,1-6H3/t25?,26?,27?,28-,29+,30+,31-,32+,33?,34+,35-,36+,37?,38-,39?,40?/m1/s1. The Labute approximate surface area is 301 Å². The van der Waals surface area contributed by atoms with E-state index in [0.717, 1.165) is 57.9 Å². The van der Waals surface area contributed by atoms with Crippen molar-refractivity contribution < 1.29 is 38.7 Å². The highest BCUT2D eigenvalue weighted by molar-refractivity contribution is 5.66. The fourth-order valence-corrected chi connectivity index (χ4v) is 11.8. The summed E-state index contributed by atoms with van der Waals surface area (Å²) in [4.78, 5) is 25.3. The Morgan fingerprint density at radius 1 is 0.780 bits per heavy atom. The quantitative estimate of drug-likeness (QED) is 0.199. The van der Waals surface area contributed by atoms with Crippen molar-refractivity contribution in [2.24, 2.45) is 64.9 Å². The summed E-state index contributed by atoms with van der Waals surface area (Å²) in [7, 11) is 3.47. The summed E-state index contributed by atoms with van der Waals surface area (Å²) in [5.41, 5.74) is 6.32. The van der Waals surface area contributed by atoms with Gasteiger partial charge in [0.1, 0.15) is 12.2 Å². The molecule has 1 saturated heterocycles. The number of ether oxygens (including phenoxy) is 4. The van der Waals surface area contributed by atoms with Crippen LogP contribution in [0.5, 0.6) is 0 Å². The number of esters is 2. The van der Waals surface area contributed by atoms with Crippen LogP contribution in [0.3, 0.4) is 0 Å². The molecule has 7 unspecified atom stereocenters. The van der Waals surface area contributed by atoms with Crippen LogP contribution in [-0.2, 0) is 28.5 Å². The number of carbonyl (C=O) groups is 2. The van der Waals surface area contributed by atoms with Crippen molar-refractivity contribution >= 4 is 11.9 Å². The number of aliphatic hydroxyl groups is 2. The van der Waals surface area contributed by atoms with Gasteiger partial charge in [0.25, 0.3) is 0 Å². The Balaban J connectivity index is 1.36. The van der Waals surface area contributed by atoms with E-state index in [2.05, 4.69) is 19.2 Å². The lowest BCUT2D eigenvalue weighted by Crippen LogP contribution is -2.49. The highest BCUT2D eigenvalue weighted by Crippen LogP contribution is 2.54. The van der Waals surface area contributed by atoms with E-state index in [1.54, 1.807) is 14.2 Å². The maximum atomic E-state index is 12.7. The first kappa shape index (κ1) is 39.9. The van der Waals surface area contributed by atoms with Gasteiger partial charge in [0.05, 0.1) is 30.6 Å². The van der Waals surface area contributed by atoms with Crippen LogP contribution in [-0.4, -0.2) is 85.7 Å². The molecule has 5 rings (SSSR count). The Bertz CT molecular complexity index is 1090. The van der Waals surface area contributed by atoms with Gasteiger partial charge in [-0.1, -0.05) is 13.8 Å². The number of nitrogens with two attached hydrogens (primary N) is 1. The highest BCUT2D eigenvalue weighted by atomic mass is 16.6. The Morgan fingerprint density at radius 3 is 2.18 bits per heavy atom. The molecule has 0 aromatic rings. The van der Waals surface area contributed by atoms with Crippen molar-refractivity contribution in [3.63, 3.8) is 0 Å². The Kier molecular flexibility index (Phi) is 14.5. The summed E-state index contributed by atoms with van der Waals surface area (Å²) in [6.45, 7) is 8.49. The van der Waals surface area contributed by atoms with Crippen LogP contribution in [0, 0.1) is 59.2 Å². The molecule has 288 valence electrons. The molecule has 5 N–H and O–H groups in total. The van der Waals surface area contributed by atoms with Crippen LogP contribution in [0.4, 0.5) is 0 Å². The molecule has 16 atom stereocenters. The number of hydrogen-bond acceptors (Lipinski definition) is 10. The molecule has 50 heavy (non-hydrogen) atoms. The number of methoxy groups -OCH3 is 2. The minimum atomic E-state index is -0.507. The van der Waals surface area contributed by atoms with Crippen LogP contribution < -0.4 is 11.1 Å². The van der Waals surface area contributed by atoms with Gasteiger partial charge in [0.2, 0.25) is 0 Å². The monoisotopic (exact) mass is 707 g/mol. The predicted molar refractivity (Wildman–Crippen MR) is 192 cm³/mol. The van der Waals surface area contributed by atoms with Gasteiger partial charge in [-0.15, -0.1) is 0 Å². The molecule has 0 radical (unpaired) electrons. The van der Waals surface area contributed by atoms with Gasteiger partial charge in [-0.2, -0.15) is 0 Å². The number of hydrogen-bond donors (Lipinski definition) is 4. The van der Waals surface area contributed by atoms with E-state index in [4.69, 9.17) is 24.7 Å². The molecule has 1 heterocycles. The molecule has 4 saturated carbocycles. The van der Waals surface area contributed by atoms with Gasteiger partial charge in [-0.25, -0.2) is 0 Å². The van der Waals surface area contributed by atoms with Crippen molar-refractivity contribution in [1.82, 2.24) is 5.32 Å². The largest absolute Gasteiger partial charge is 0.462 e. The van der Waals surface area contributed by atoms with Gasteiger partial charge < -0.3 is 40.2 Å². The molecule has 5 fully saturated rings. The number of aliphatic hydroxyl groups excluding tert-OH is 2. The number of fused-ring (bicyclic) bond motifs is 1. The summed E-state index contributed by atoms with van der Waals surface area (Å²) < 4.78 is 23.9. The molecule has 0 aromatic heterocycles.